The minimum absolute atomic E-state index is 0.0310. The van der Waals surface area contributed by atoms with Gasteiger partial charge in [-0.1, -0.05) is 18.2 Å². The van der Waals surface area contributed by atoms with E-state index in [2.05, 4.69) is 16.0 Å². The quantitative estimate of drug-likeness (QED) is 0.693. The molecule has 0 saturated carbocycles. The molecule has 3 rings (SSSR count). The molecule has 1 unspecified atom stereocenters. The van der Waals surface area contributed by atoms with Gasteiger partial charge in [0.25, 0.3) is 5.91 Å². The minimum Gasteiger partial charge on any atom is -0.376 e. The Bertz CT molecular complexity index is 866. The molecule has 3 amide bonds. The fourth-order valence-electron chi connectivity index (χ4n) is 2.94. The second-order valence-corrected chi connectivity index (χ2v) is 6.55. The molecule has 154 valence electrons. The lowest BCUT2D eigenvalue weighted by molar-refractivity contribution is -0.136. The SMILES string of the molecule is O=C(NCC1CCCO1)Nc1ccc(NC(=O)c2ccccc2)cc1C(F)(F)F. The number of carbonyl (C=O) groups is 2. The van der Waals surface area contributed by atoms with Gasteiger partial charge in [-0.15, -0.1) is 0 Å². The number of rotatable bonds is 5. The molecule has 29 heavy (non-hydrogen) atoms. The molecule has 0 radical (unpaired) electrons. The van der Waals surface area contributed by atoms with Crippen LogP contribution in [0.15, 0.2) is 48.5 Å². The zero-order valence-corrected chi connectivity index (χ0v) is 15.4. The summed E-state index contributed by atoms with van der Waals surface area (Å²) in [6, 6.07) is 10.6. The molecule has 0 bridgehead atoms. The molecular weight excluding hydrogens is 387 g/mol. The summed E-state index contributed by atoms with van der Waals surface area (Å²) < 4.78 is 45.8. The van der Waals surface area contributed by atoms with Gasteiger partial charge in [-0.05, 0) is 43.2 Å². The van der Waals surface area contributed by atoms with Crippen molar-refractivity contribution in [1.29, 1.82) is 0 Å². The van der Waals surface area contributed by atoms with E-state index in [1.54, 1.807) is 30.3 Å². The van der Waals surface area contributed by atoms with Crippen molar-refractivity contribution in [3.63, 3.8) is 0 Å². The molecule has 3 N–H and O–H groups in total. The Morgan fingerprint density at radius 1 is 1.07 bits per heavy atom. The summed E-state index contributed by atoms with van der Waals surface area (Å²) in [5.41, 5.74) is -1.18. The third-order valence-electron chi connectivity index (χ3n) is 4.38. The molecule has 1 atom stereocenters. The maximum absolute atomic E-state index is 13.5. The Kier molecular flexibility index (Phi) is 6.38. The number of hydrogen-bond donors (Lipinski definition) is 3. The van der Waals surface area contributed by atoms with Gasteiger partial charge >= 0.3 is 12.2 Å². The smallest absolute Gasteiger partial charge is 0.376 e. The van der Waals surface area contributed by atoms with Crippen molar-refractivity contribution in [2.75, 3.05) is 23.8 Å². The van der Waals surface area contributed by atoms with Crippen molar-refractivity contribution >= 4 is 23.3 Å². The van der Waals surface area contributed by atoms with Crippen LogP contribution in [0.3, 0.4) is 0 Å². The fourth-order valence-corrected chi connectivity index (χ4v) is 2.94. The predicted molar refractivity (Wildman–Crippen MR) is 102 cm³/mol. The number of alkyl halides is 3. The lowest BCUT2D eigenvalue weighted by atomic mass is 10.1. The molecule has 0 aliphatic carbocycles. The van der Waals surface area contributed by atoms with E-state index in [9.17, 15) is 22.8 Å². The van der Waals surface area contributed by atoms with Gasteiger partial charge in [-0.2, -0.15) is 13.2 Å². The molecule has 0 spiro atoms. The number of halogens is 3. The van der Waals surface area contributed by atoms with Crippen LogP contribution in [0.4, 0.5) is 29.3 Å². The van der Waals surface area contributed by atoms with Crippen molar-refractivity contribution in [1.82, 2.24) is 5.32 Å². The average Bonchev–Trinajstić information content (AvgIpc) is 3.21. The third-order valence-corrected chi connectivity index (χ3v) is 4.38. The Hall–Kier alpha value is -3.07. The van der Waals surface area contributed by atoms with Crippen molar-refractivity contribution in [3.05, 3.63) is 59.7 Å². The van der Waals surface area contributed by atoms with Crippen molar-refractivity contribution in [2.24, 2.45) is 0 Å². The maximum atomic E-state index is 13.5. The number of ether oxygens (including phenoxy) is 1. The lowest BCUT2D eigenvalue weighted by Crippen LogP contribution is -2.35. The standard InChI is InChI=1S/C20H20F3N3O3/c21-20(22,23)16-11-14(25-18(27)13-5-2-1-3-6-13)8-9-17(16)26-19(28)24-12-15-7-4-10-29-15/h1-3,5-6,8-9,11,15H,4,7,10,12H2,(H,25,27)(H2,24,26,28). The molecule has 1 heterocycles. The molecule has 1 aliphatic heterocycles. The number of benzene rings is 2. The summed E-state index contributed by atoms with van der Waals surface area (Å²) in [7, 11) is 0. The van der Waals surface area contributed by atoms with Gasteiger partial charge in [-0.3, -0.25) is 4.79 Å². The van der Waals surface area contributed by atoms with E-state index in [0.29, 0.717) is 12.2 Å². The summed E-state index contributed by atoms with van der Waals surface area (Å²) in [5.74, 6) is -0.534. The molecule has 2 aromatic rings. The summed E-state index contributed by atoms with van der Waals surface area (Å²) >= 11 is 0. The fraction of sp³-hybridized carbons (Fsp3) is 0.300. The maximum Gasteiger partial charge on any atom is 0.418 e. The highest BCUT2D eigenvalue weighted by Gasteiger charge is 2.34. The molecule has 6 nitrogen and oxygen atoms in total. The molecule has 0 aromatic heterocycles. The molecule has 1 saturated heterocycles. The van der Waals surface area contributed by atoms with E-state index < -0.39 is 29.4 Å². The van der Waals surface area contributed by atoms with E-state index in [4.69, 9.17) is 4.74 Å². The largest absolute Gasteiger partial charge is 0.418 e. The molecule has 1 aliphatic rings. The van der Waals surface area contributed by atoms with Gasteiger partial charge in [0.05, 0.1) is 17.4 Å². The zero-order valence-electron chi connectivity index (χ0n) is 15.4. The van der Waals surface area contributed by atoms with Crippen LogP contribution in [0.1, 0.15) is 28.8 Å². The van der Waals surface area contributed by atoms with Crippen LogP contribution in [0.25, 0.3) is 0 Å². The Balaban J connectivity index is 1.70. The highest BCUT2D eigenvalue weighted by molar-refractivity contribution is 6.04. The van der Waals surface area contributed by atoms with E-state index >= 15 is 0 Å². The first-order chi connectivity index (χ1) is 13.8. The van der Waals surface area contributed by atoms with Gasteiger partial charge < -0.3 is 20.7 Å². The summed E-state index contributed by atoms with van der Waals surface area (Å²) in [6.45, 7) is 0.834. The van der Waals surface area contributed by atoms with Gasteiger partial charge in [-0.25, -0.2) is 4.79 Å². The Morgan fingerprint density at radius 3 is 2.48 bits per heavy atom. The molecule has 9 heteroatoms. The van der Waals surface area contributed by atoms with Crippen LogP contribution in [-0.4, -0.2) is 31.2 Å². The molecule has 2 aromatic carbocycles. The highest BCUT2D eigenvalue weighted by Crippen LogP contribution is 2.36. The normalized spacial score (nSPS) is 16.3. The topological polar surface area (TPSA) is 79.5 Å². The lowest BCUT2D eigenvalue weighted by Gasteiger charge is -2.17. The zero-order chi connectivity index (χ0) is 20.9. The summed E-state index contributed by atoms with van der Waals surface area (Å²) in [5, 5.41) is 7.15. The number of nitrogens with one attached hydrogen (secondary N) is 3. The van der Waals surface area contributed by atoms with Crippen LogP contribution in [0, 0.1) is 0 Å². The van der Waals surface area contributed by atoms with E-state index in [0.717, 1.165) is 25.0 Å². The van der Waals surface area contributed by atoms with E-state index in [1.807, 2.05) is 0 Å². The Morgan fingerprint density at radius 2 is 1.83 bits per heavy atom. The van der Waals surface area contributed by atoms with Gasteiger partial charge in [0, 0.05) is 24.4 Å². The monoisotopic (exact) mass is 407 g/mol. The van der Waals surface area contributed by atoms with Crippen LogP contribution >= 0.6 is 0 Å². The Labute approximate surface area is 165 Å². The molecule has 1 fully saturated rings. The van der Waals surface area contributed by atoms with Crippen LogP contribution in [0.5, 0.6) is 0 Å². The van der Waals surface area contributed by atoms with E-state index in [1.165, 1.54) is 6.07 Å². The van der Waals surface area contributed by atoms with Crippen molar-refractivity contribution in [2.45, 2.75) is 25.1 Å². The second-order valence-electron chi connectivity index (χ2n) is 6.55. The van der Waals surface area contributed by atoms with E-state index in [-0.39, 0.29) is 18.3 Å². The number of carbonyl (C=O) groups excluding carboxylic acids is 2. The summed E-state index contributed by atoms with van der Waals surface area (Å²) in [6.07, 6.45) is -3.16. The number of urea groups is 1. The number of amides is 3. The van der Waals surface area contributed by atoms with Crippen LogP contribution < -0.4 is 16.0 Å². The third kappa shape index (κ3) is 5.71. The number of hydrogen-bond acceptors (Lipinski definition) is 3. The van der Waals surface area contributed by atoms with Crippen molar-refractivity contribution in [3.8, 4) is 0 Å². The minimum atomic E-state index is -4.72. The van der Waals surface area contributed by atoms with Gasteiger partial charge in [0.15, 0.2) is 0 Å². The average molecular weight is 407 g/mol. The second kappa shape index (κ2) is 8.95. The first-order valence-electron chi connectivity index (χ1n) is 9.07. The number of anilines is 2. The molecular formula is C20H20F3N3O3. The van der Waals surface area contributed by atoms with Gasteiger partial charge in [0.2, 0.25) is 0 Å². The van der Waals surface area contributed by atoms with Crippen molar-refractivity contribution < 1.29 is 27.5 Å². The van der Waals surface area contributed by atoms with Gasteiger partial charge in [0.1, 0.15) is 0 Å². The predicted octanol–water partition coefficient (Wildman–Crippen LogP) is 4.26. The summed E-state index contributed by atoms with van der Waals surface area (Å²) in [4.78, 5) is 24.1. The van der Waals surface area contributed by atoms with Crippen LogP contribution in [0.2, 0.25) is 0 Å². The highest BCUT2D eigenvalue weighted by atomic mass is 19.4. The first-order valence-corrected chi connectivity index (χ1v) is 9.07. The van der Waals surface area contributed by atoms with Crippen LogP contribution in [-0.2, 0) is 10.9 Å². The first kappa shape index (κ1) is 20.7.